The maximum Gasteiger partial charge on any atom is 0.126 e. The summed E-state index contributed by atoms with van der Waals surface area (Å²) in [4.78, 5) is 0. The highest BCUT2D eigenvalue weighted by atomic mass is 35.5. The molecule has 2 aromatic rings. The van der Waals surface area contributed by atoms with Crippen LogP contribution < -0.4 is 5.32 Å². The van der Waals surface area contributed by atoms with Gasteiger partial charge in [-0.25, -0.2) is 8.78 Å². The Morgan fingerprint density at radius 3 is 2.24 bits per heavy atom. The fourth-order valence-electron chi connectivity index (χ4n) is 2.26. The molecule has 1 nitrogen and oxygen atoms in total. The van der Waals surface area contributed by atoms with Crippen LogP contribution in [0.3, 0.4) is 0 Å². The van der Waals surface area contributed by atoms with Gasteiger partial charge in [0.2, 0.25) is 0 Å². The van der Waals surface area contributed by atoms with Crippen molar-refractivity contribution in [3.05, 3.63) is 70.2 Å². The fourth-order valence-corrected chi connectivity index (χ4v) is 2.38. The summed E-state index contributed by atoms with van der Waals surface area (Å²) in [6, 6.07) is 11.0. The fraction of sp³-hybridized carbons (Fsp3) is 0.294. The Kier molecular flexibility index (Phi) is 5.71. The lowest BCUT2D eigenvalue weighted by Gasteiger charge is -2.19. The third-order valence-corrected chi connectivity index (χ3v) is 3.53. The van der Waals surface area contributed by atoms with Crippen LogP contribution in [-0.2, 0) is 6.42 Å². The molecule has 0 aliphatic heterocycles. The van der Waals surface area contributed by atoms with Gasteiger partial charge < -0.3 is 5.32 Å². The van der Waals surface area contributed by atoms with Crippen LogP contribution in [-0.4, -0.2) is 6.54 Å². The van der Waals surface area contributed by atoms with Gasteiger partial charge in [-0.15, -0.1) is 0 Å². The lowest BCUT2D eigenvalue weighted by atomic mass is 9.98. The maximum atomic E-state index is 13.4. The van der Waals surface area contributed by atoms with Crippen LogP contribution in [0.25, 0.3) is 0 Å². The predicted octanol–water partition coefficient (Wildman–Crippen LogP) is 4.90. The molecule has 0 saturated heterocycles. The van der Waals surface area contributed by atoms with Gasteiger partial charge in [0.05, 0.1) is 0 Å². The summed E-state index contributed by atoms with van der Waals surface area (Å²) in [6.07, 6.45) is 1.61. The quantitative estimate of drug-likeness (QED) is 0.800. The van der Waals surface area contributed by atoms with Crippen molar-refractivity contribution in [3.63, 3.8) is 0 Å². The molecule has 0 heterocycles. The zero-order valence-electron chi connectivity index (χ0n) is 11.9. The first-order valence-electron chi connectivity index (χ1n) is 7.02. The summed E-state index contributed by atoms with van der Waals surface area (Å²) in [6.45, 7) is 2.84. The first kappa shape index (κ1) is 15.9. The van der Waals surface area contributed by atoms with E-state index in [1.165, 1.54) is 12.1 Å². The second kappa shape index (κ2) is 7.53. The Bertz CT molecular complexity index is 564. The Morgan fingerprint density at radius 1 is 1.05 bits per heavy atom. The summed E-state index contributed by atoms with van der Waals surface area (Å²) in [5, 5.41) is 4.01. The monoisotopic (exact) mass is 309 g/mol. The number of benzene rings is 2. The van der Waals surface area contributed by atoms with Crippen molar-refractivity contribution >= 4 is 11.6 Å². The summed E-state index contributed by atoms with van der Waals surface area (Å²) in [5.74, 6) is -1.10. The lowest BCUT2D eigenvalue weighted by molar-refractivity contribution is 0.515. The molecular weight excluding hydrogens is 292 g/mol. The minimum Gasteiger partial charge on any atom is -0.310 e. The zero-order chi connectivity index (χ0) is 15.2. The molecule has 0 saturated carbocycles. The van der Waals surface area contributed by atoms with E-state index in [9.17, 15) is 8.78 Å². The van der Waals surface area contributed by atoms with E-state index in [0.717, 1.165) is 24.6 Å². The number of hydrogen-bond acceptors (Lipinski definition) is 1. The summed E-state index contributed by atoms with van der Waals surface area (Å²) in [5.41, 5.74) is 1.69. The molecule has 0 fully saturated rings. The van der Waals surface area contributed by atoms with E-state index < -0.39 is 11.6 Å². The van der Waals surface area contributed by atoms with Crippen LogP contribution in [0, 0.1) is 11.6 Å². The first-order valence-corrected chi connectivity index (χ1v) is 7.40. The maximum absolute atomic E-state index is 13.4. The van der Waals surface area contributed by atoms with Gasteiger partial charge in [0.15, 0.2) is 0 Å². The Morgan fingerprint density at radius 2 is 1.67 bits per heavy atom. The molecule has 1 atom stereocenters. The lowest BCUT2D eigenvalue weighted by Crippen LogP contribution is -2.24. The van der Waals surface area contributed by atoms with Gasteiger partial charge in [-0.05, 0) is 54.8 Å². The van der Waals surface area contributed by atoms with Gasteiger partial charge in [-0.3, -0.25) is 0 Å². The van der Waals surface area contributed by atoms with Gasteiger partial charge in [0.25, 0.3) is 0 Å². The van der Waals surface area contributed by atoms with Gasteiger partial charge in [-0.2, -0.15) is 0 Å². The van der Waals surface area contributed by atoms with Crippen molar-refractivity contribution in [3.8, 4) is 0 Å². The molecule has 112 valence electrons. The molecule has 1 N–H and O–H groups in total. The summed E-state index contributed by atoms with van der Waals surface area (Å²) < 4.78 is 26.8. The third kappa shape index (κ3) is 4.80. The Hall–Kier alpha value is -1.45. The van der Waals surface area contributed by atoms with E-state index in [4.69, 9.17) is 11.6 Å². The molecule has 0 bridgehead atoms. The van der Waals surface area contributed by atoms with Crippen LogP contribution in [0.5, 0.6) is 0 Å². The van der Waals surface area contributed by atoms with Crippen molar-refractivity contribution in [1.82, 2.24) is 5.32 Å². The van der Waals surface area contributed by atoms with Gasteiger partial charge >= 0.3 is 0 Å². The van der Waals surface area contributed by atoms with Crippen molar-refractivity contribution in [2.45, 2.75) is 25.8 Å². The summed E-state index contributed by atoms with van der Waals surface area (Å²) >= 11 is 5.88. The molecule has 0 aliphatic rings. The van der Waals surface area contributed by atoms with E-state index in [2.05, 4.69) is 12.2 Å². The van der Waals surface area contributed by atoms with Crippen molar-refractivity contribution in [1.29, 1.82) is 0 Å². The van der Waals surface area contributed by atoms with Crippen LogP contribution in [0.1, 0.15) is 30.5 Å². The predicted molar refractivity (Wildman–Crippen MR) is 82.5 cm³/mol. The van der Waals surface area contributed by atoms with E-state index in [1.54, 1.807) is 0 Å². The molecule has 0 aromatic heterocycles. The molecule has 4 heteroatoms. The highest BCUT2D eigenvalue weighted by Crippen LogP contribution is 2.22. The molecule has 0 amide bonds. The molecule has 1 unspecified atom stereocenters. The highest BCUT2D eigenvalue weighted by Gasteiger charge is 2.14. The van der Waals surface area contributed by atoms with Crippen molar-refractivity contribution in [2.75, 3.05) is 6.54 Å². The first-order chi connectivity index (χ1) is 10.1. The Labute approximate surface area is 128 Å². The summed E-state index contributed by atoms with van der Waals surface area (Å²) in [7, 11) is 0. The number of halogens is 3. The number of rotatable bonds is 6. The molecular formula is C17H18ClF2N. The van der Waals surface area contributed by atoms with Crippen LogP contribution in [0.15, 0.2) is 42.5 Å². The highest BCUT2D eigenvalue weighted by molar-refractivity contribution is 6.30. The number of nitrogens with one attached hydrogen (secondary N) is 1. The van der Waals surface area contributed by atoms with Crippen LogP contribution in [0.4, 0.5) is 8.78 Å². The Balaban J connectivity index is 2.22. The average Bonchev–Trinajstić information content (AvgIpc) is 2.44. The minimum atomic E-state index is -0.551. The van der Waals surface area contributed by atoms with E-state index in [1.807, 2.05) is 24.3 Å². The van der Waals surface area contributed by atoms with Gasteiger partial charge in [0, 0.05) is 17.1 Å². The average molecular weight is 310 g/mol. The molecule has 0 aliphatic carbocycles. The molecule has 2 aromatic carbocycles. The van der Waals surface area contributed by atoms with E-state index in [-0.39, 0.29) is 6.04 Å². The minimum absolute atomic E-state index is 0.128. The van der Waals surface area contributed by atoms with Crippen molar-refractivity contribution < 1.29 is 8.78 Å². The second-order valence-corrected chi connectivity index (χ2v) is 5.48. The van der Waals surface area contributed by atoms with Crippen molar-refractivity contribution in [2.24, 2.45) is 0 Å². The number of hydrogen-bond donors (Lipinski definition) is 1. The molecule has 0 radical (unpaired) electrons. The topological polar surface area (TPSA) is 12.0 Å². The van der Waals surface area contributed by atoms with E-state index in [0.29, 0.717) is 17.0 Å². The van der Waals surface area contributed by atoms with Gasteiger partial charge in [-0.1, -0.05) is 30.7 Å². The van der Waals surface area contributed by atoms with Gasteiger partial charge in [0.1, 0.15) is 11.6 Å². The SMILES string of the molecule is CCCNC(Cc1ccc(Cl)cc1)c1cc(F)cc(F)c1. The van der Waals surface area contributed by atoms with Crippen LogP contribution in [0.2, 0.25) is 5.02 Å². The normalized spacial score (nSPS) is 12.4. The van der Waals surface area contributed by atoms with E-state index >= 15 is 0 Å². The standard InChI is InChI=1S/C17H18ClF2N/c1-2-7-21-17(8-12-3-5-14(18)6-4-12)13-9-15(19)11-16(20)10-13/h3-6,9-11,17,21H,2,7-8H2,1H3. The van der Waals surface area contributed by atoms with Crippen LogP contribution >= 0.6 is 11.6 Å². The molecule has 21 heavy (non-hydrogen) atoms. The smallest absolute Gasteiger partial charge is 0.126 e. The molecule has 2 rings (SSSR count). The molecule has 0 spiro atoms. The second-order valence-electron chi connectivity index (χ2n) is 5.04. The largest absolute Gasteiger partial charge is 0.310 e. The zero-order valence-corrected chi connectivity index (χ0v) is 12.6. The third-order valence-electron chi connectivity index (χ3n) is 3.28.